The Labute approximate surface area is 476 Å². The molecule has 80 heavy (non-hydrogen) atoms. The Kier molecular flexibility index (Phi) is 22.5. The third kappa shape index (κ3) is 13.9. The summed E-state index contributed by atoms with van der Waals surface area (Å²) in [5.74, 6) is 0.609. The van der Waals surface area contributed by atoms with Crippen molar-refractivity contribution in [1.82, 2.24) is 9.13 Å². The lowest BCUT2D eigenvalue weighted by Crippen LogP contribution is -2.18. The maximum atomic E-state index is 5.00. The van der Waals surface area contributed by atoms with E-state index in [1.54, 1.807) is 0 Å². The minimum Gasteiger partial charge on any atom is -0.321 e. The van der Waals surface area contributed by atoms with Crippen LogP contribution in [0.2, 0.25) is 0 Å². The highest BCUT2D eigenvalue weighted by Gasteiger charge is 2.21. The van der Waals surface area contributed by atoms with Gasteiger partial charge in [0.25, 0.3) is 0 Å². The number of fused-ring (bicyclic) bond motifs is 6. The molecule has 0 saturated carbocycles. The van der Waals surface area contributed by atoms with Gasteiger partial charge in [-0.05, 0) is 122 Å². The van der Waals surface area contributed by atoms with Crippen LogP contribution in [0.4, 0.5) is 11.4 Å². The number of hydrogen-bond donors (Lipinski definition) is 0. The van der Waals surface area contributed by atoms with E-state index in [2.05, 4.69) is 227 Å². The van der Waals surface area contributed by atoms with Gasteiger partial charge in [-0.25, -0.2) is 9.98 Å². The van der Waals surface area contributed by atoms with Gasteiger partial charge in [0.1, 0.15) is 6.67 Å². The number of rotatable bonds is 14. The van der Waals surface area contributed by atoms with Crippen LogP contribution in [-0.4, -0.2) is 41.6 Å². The summed E-state index contributed by atoms with van der Waals surface area (Å²) in [5.41, 5.74) is 16.3. The number of hydrogen-bond acceptors (Lipinski definition) is 3. The van der Waals surface area contributed by atoms with Gasteiger partial charge < -0.3 is 14.0 Å². The van der Waals surface area contributed by atoms with E-state index >= 15 is 0 Å². The van der Waals surface area contributed by atoms with Gasteiger partial charge in [-0.2, -0.15) is 0 Å². The molecule has 8 aromatic carbocycles. The number of aromatic nitrogens is 2. The van der Waals surface area contributed by atoms with Crippen LogP contribution in [0, 0.1) is 0 Å². The molecular formula is C74H78N6. The van der Waals surface area contributed by atoms with Gasteiger partial charge in [0.2, 0.25) is 0 Å². The summed E-state index contributed by atoms with van der Waals surface area (Å²) in [7, 11) is 0. The summed E-state index contributed by atoms with van der Waals surface area (Å²) in [6.45, 7) is 22.6. The SMILES string of the molecule is C=N/C(=N\CN(c1ccc(-c2ccccc2)cc1)c1ccc(-n2c3ccccc3c3c(-c4ccc5c6c(n(-c7ccccc7)c5c4)CCC=C6)cccc32)cc1)c1ccccc1.C=NC/C=C/C=C\C=C/C.CC.CC.CCCC. The van der Waals surface area contributed by atoms with E-state index in [1.807, 2.05) is 107 Å². The predicted molar refractivity (Wildman–Crippen MR) is 353 cm³/mol. The van der Waals surface area contributed by atoms with Gasteiger partial charge in [-0.1, -0.05) is 236 Å². The lowest BCUT2D eigenvalue weighted by molar-refractivity contribution is 0.886. The third-order valence-electron chi connectivity index (χ3n) is 13.6. The van der Waals surface area contributed by atoms with Crippen molar-refractivity contribution in [3.63, 3.8) is 0 Å². The highest BCUT2D eigenvalue weighted by atomic mass is 15.2. The molecule has 0 atom stereocenters. The van der Waals surface area contributed by atoms with Crippen molar-refractivity contribution >= 4 is 69.4 Å². The number of anilines is 2. The summed E-state index contributed by atoms with van der Waals surface area (Å²) in [6, 6.07) is 71.4. The number of unbranched alkanes of at least 4 members (excludes halogenated alkanes) is 1. The number of para-hydroxylation sites is 2. The van der Waals surface area contributed by atoms with E-state index in [4.69, 9.17) is 4.99 Å². The fraction of sp³-hybridized carbons (Fsp3) is 0.176. The summed E-state index contributed by atoms with van der Waals surface area (Å²) >= 11 is 0. The molecule has 6 heteroatoms. The van der Waals surface area contributed by atoms with Crippen molar-refractivity contribution in [3.05, 3.63) is 260 Å². The zero-order valence-corrected chi connectivity index (χ0v) is 48.0. The molecule has 10 aromatic rings. The molecule has 1 aliphatic carbocycles. The van der Waals surface area contributed by atoms with Crippen LogP contribution in [-0.2, 0) is 6.42 Å². The molecule has 0 radical (unpaired) electrons. The molecule has 2 aromatic heterocycles. The highest BCUT2D eigenvalue weighted by Crippen LogP contribution is 2.42. The van der Waals surface area contributed by atoms with E-state index in [-0.39, 0.29) is 0 Å². The number of benzene rings is 8. The minimum atomic E-state index is 0.364. The van der Waals surface area contributed by atoms with Gasteiger partial charge in [0, 0.05) is 55.7 Å². The van der Waals surface area contributed by atoms with E-state index in [9.17, 15) is 0 Å². The van der Waals surface area contributed by atoms with E-state index in [1.165, 1.54) is 79.2 Å². The fourth-order valence-electron chi connectivity index (χ4n) is 9.77. The molecule has 0 spiro atoms. The fourth-order valence-corrected chi connectivity index (χ4v) is 9.77. The monoisotopic (exact) mass is 1050 g/mol. The van der Waals surface area contributed by atoms with Crippen LogP contribution in [0.1, 0.15) is 84.5 Å². The molecule has 11 rings (SSSR count). The lowest BCUT2D eigenvalue weighted by Gasteiger charge is -2.24. The molecule has 0 N–H and O–H groups in total. The Bertz CT molecular complexity index is 3680. The molecule has 404 valence electrons. The predicted octanol–water partition coefficient (Wildman–Crippen LogP) is 20.5. The second-order valence-electron chi connectivity index (χ2n) is 18.5. The molecule has 0 fully saturated rings. The largest absolute Gasteiger partial charge is 0.321 e. The van der Waals surface area contributed by atoms with Gasteiger partial charge in [-0.15, -0.1) is 0 Å². The average Bonchev–Trinajstić information content (AvgIpc) is 4.09. The molecule has 0 aliphatic heterocycles. The Balaban J connectivity index is 0.000000451. The number of nitrogens with zero attached hydrogens (tertiary/aromatic N) is 6. The van der Waals surface area contributed by atoms with Crippen LogP contribution in [0.15, 0.2) is 258 Å². The lowest BCUT2D eigenvalue weighted by atomic mass is 9.97. The summed E-state index contributed by atoms with van der Waals surface area (Å²) in [5, 5.41) is 3.76. The third-order valence-corrected chi connectivity index (χ3v) is 13.6. The quantitative estimate of drug-likeness (QED) is 0.0608. The zero-order chi connectivity index (χ0) is 56.5. The number of aliphatic imine (C=N–C) groups is 3. The number of allylic oxidation sites excluding steroid dienone is 6. The van der Waals surface area contributed by atoms with E-state index in [0.29, 0.717) is 19.0 Å². The molecule has 0 unspecified atom stereocenters. The first-order valence-corrected chi connectivity index (χ1v) is 28.5. The van der Waals surface area contributed by atoms with Crippen LogP contribution in [0.5, 0.6) is 0 Å². The Morgan fingerprint density at radius 3 is 1.80 bits per heavy atom. The standard InChI is InChI=1S/C57H43N5.C9H13N.C4H10.2C2H6/c1-58-57(42-18-7-3-8-19-42)59-39-60(44-31-28-41(29-32-44)40-16-5-2-6-17-40)45-33-35-47(36-34-45)61-53-26-14-12-23-51(53)56-48(24-15-27-54(56)61)43-30-37-50-49-22-11-13-25-52(49)62(55(50)38-43)46-20-9-4-10-21-46;1-3-4-5-6-7-8-9-10-2;1-3-4-2;2*1-2/h2-12,14-24,26-38H,1,13,25,39H2;3-8H,2,9H2,1H3;3-4H2,1-2H3;2*1-2H3/b59-57-;4-3-,6-5-,8-7+;;;. The van der Waals surface area contributed by atoms with Crippen molar-refractivity contribution in [2.45, 2.75) is 74.1 Å². The molecule has 6 nitrogen and oxygen atoms in total. The first kappa shape index (κ1) is 58.6. The van der Waals surface area contributed by atoms with Crippen LogP contribution in [0.3, 0.4) is 0 Å². The van der Waals surface area contributed by atoms with E-state index < -0.39 is 0 Å². The van der Waals surface area contributed by atoms with Gasteiger partial charge in [0.15, 0.2) is 5.84 Å². The first-order valence-electron chi connectivity index (χ1n) is 28.5. The van der Waals surface area contributed by atoms with Gasteiger partial charge >= 0.3 is 0 Å². The molecule has 0 saturated heterocycles. The molecule has 1 aliphatic rings. The van der Waals surface area contributed by atoms with Crippen molar-refractivity contribution < 1.29 is 0 Å². The second-order valence-corrected chi connectivity index (χ2v) is 18.5. The molecule has 0 amide bonds. The van der Waals surface area contributed by atoms with Crippen molar-refractivity contribution in [3.8, 4) is 33.6 Å². The Morgan fingerprint density at radius 2 is 1.14 bits per heavy atom. The summed E-state index contributed by atoms with van der Waals surface area (Å²) < 4.78 is 4.88. The van der Waals surface area contributed by atoms with Crippen LogP contribution >= 0.6 is 0 Å². The highest BCUT2D eigenvalue weighted by molar-refractivity contribution is 6.16. The van der Waals surface area contributed by atoms with Crippen LogP contribution in [0.25, 0.3) is 72.4 Å². The maximum absolute atomic E-state index is 5.00. The van der Waals surface area contributed by atoms with Gasteiger partial charge in [-0.3, -0.25) is 4.99 Å². The number of amidine groups is 1. The average molecular weight is 1050 g/mol. The Hall–Kier alpha value is -9.13. The van der Waals surface area contributed by atoms with E-state index in [0.717, 1.165) is 41.0 Å². The van der Waals surface area contributed by atoms with Crippen molar-refractivity contribution in [1.29, 1.82) is 0 Å². The topological polar surface area (TPSA) is 50.2 Å². The summed E-state index contributed by atoms with van der Waals surface area (Å²) in [6.07, 6.45) is 21.1. The summed E-state index contributed by atoms with van der Waals surface area (Å²) in [4.78, 5) is 15.2. The normalized spacial score (nSPS) is 11.8. The van der Waals surface area contributed by atoms with Crippen molar-refractivity contribution in [2.75, 3.05) is 18.1 Å². The molecule has 0 bridgehead atoms. The van der Waals surface area contributed by atoms with Crippen LogP contribution < -0.4 is 4.90 Å². The smallest absolute Gasteiger partial charge is 0.155 e. The molecule has 2 heterocycles. The Morgan fingerprint density at radius 1 is 0.550 bits per heavy atom. The first-order chi connectivity index (χ1) is 39.6. The minimum absolute atomic E-state index is 0.364. The zero-order valence-electron chi connectivity index (χ0n) is 48.0. The molecular weight excluding hydrogens is 973 g/mol. The van der Waals surface area contributed by atoms with Crippen molar-refractivity contribution in [2.24, 2.45) is 15.0 Å². The van der Waals surface area contributed by atoms with Gasteiger partial charge in [0.05, 0.1) is 23.1 Å². The second kappa shape index (κ2) is 30.7. The maximum Gasteiger partial charge on any atom is 0.155 e.